The summed E-state index contributed by atoms with van der Waals surface area (Å²) in [5, 5.41) is 0. The van der Waals surface area contributed by atoms with E-state index in [-0.39, 0.29) is 0 Å². The number of nitrogens with zero attached hydrogens (tertiary/aromatic N) is 1. The van der Waals surface area contributed by atoms with Gasteiger partial charge in [-0.05, 0) is 67.0 Å². The molecule has 2 aromatic carbocycles. The van der Waals surface area contributed by atoms with Crippen molar-refractivity contribution in [2.45, 2.75) is 32.1 Å². The van der Waals surface area contributed by atoms with Crippen LogP contribution in [0.2, 0.25) is 0 Å². The van der Waals surface area contributed by atoms with Crippen LogP contribution >= 0.6 is 0 Å². The van der Waals surface area contributed by atoms with E-state index >= 15 is 0 Å². The Morgan fingerprint density at radius 2 is 1.22 bits per heavy atom. The number of aryl methyl sites for hydroxylation is 2. The molecule has 1 fully saturated rings. The maximum atomic E-state index is 2.45. The third kappa shape index (κ3) is 2.86. The van der Waals surface area contributed by atoms with Crippen LogP contribution in [-0.2, 0) is 12.8 Å². The fourth-order valence-corrected chi connectivity index (χ4v) is 4.10. The second-order valence-corrected chi connectivity index (χ2v) is 6.95. The van der Waals surface area contributed by atoms with Gasteiger partial charge in [-0.1, -0.05) is 54.1 Å². The summed E-state index contributed by atoms with van der Waals surface area (Å²) in [6.45, 7) is 2.37. The monoisotopic (exact) mass is 303 g/mol. The fraction of sp³-hybridized carbons (Fsp3) is 0.364. The first-order valence-electron chi connectivity index (χ1n) is 8.90. The minimum absolute atomic E-state index is 1.18. The third-order valence-corrected chi connectivity index (χ3v) is 5.41. The highest BCUT2D eigenvalue weighted by Crippen LogP contribution is 2.37. The van der Waals surface area contributed by atoms with Crippen LogP contribution in [0.15, 0.2) is 54.1 Å². The van der Waals surface area contributed by atoms with E-state index in [0.29, 0.717) is 0 Å². The molecule has 0 bridgehead atoms. The molecule has 0 unspecified atom stereocenters. The zero-order valence-corrected chi connectivity index (χ0v) is 14.0. The number of fused-ring (bicyclic) bond motifs is 2. The highest BCUT2D eigenvalue weighted by atomic mass is 15.1. The molecule has 4 rings (SSSR count). The van der Waals surface area contributed by atoms with Gasteiger partial charge in [0.1, 0.15) is 0 Å². The van der Waals surface area contributed by atoms with E-state index < -0.39 is 0 Å². The lowest BCUT2D eigenvalue weighted by molar-refractivity contribution is 0.313. The summed E-state index contributed by atoms with van der Waals surface area (Å²) in [6.07, 6.45) is 6.05. The normalized spacial score (nSPS) is 18.8. The zero-order chi connectivity index (χ0) is 15.6. The number of hydrogen-bond donors (Lipinski definition) is 0. The lowest BCUT2D eigenvalue weighted by Gasteiger charge is -2.29. The predicted octanol–water partition coefficient (Wildman–Crippen LogP) is 4.70. The van der Waals surface area contributed by atoms with Gasteiger partial charge in [-0.25, -0.2) is 0 Å². The molecular formula is C22H25N. The van der Waals surface area contributed by atoms with E-state index in [2.05, 4.69) is 60.5 Å². The summed E-state index contributed by atoms with van der Waals surface area (Å²) < 4.78 is 0. The van der Waals surface area contributed by atoms with E-state index in [1.165, 1.54) is 67.4 Å². The number of piperidine rings is 1. The summed E-state index contributed by atoms with van der Waals surface area (Å²) in [4.78, 5) is 2.45. The van der Waals surface area contributed by atoms with Crippen LogP contribution < -0.4 is 0 Å². The van der Waals surface area contributed by atoms with Crippen molar-refractivity contribution in [3.8, 4) is 0 Å². The first-order valence-corrected chi connectivity index (χ1v) is 8.90. The molecule has 0 N–H and O–H groups in total. The van der Waals surface area contributed by atoms with Crippen LogP contribution in [0.1, 0.15) is 41.5 Å². The lowest BCUT2D eigenvalue weighted by Crippen LogP contribution is -2.27. The zero-order valence-electron chi connectivity index (χ0n) is 14.0. The summed E-state index contributed by atoms with van der Waals surface area (Å²) in [6, 6.07) is 18.2. The molecule has 0 aromatic heterocycles. The molecule has 1 nitrogen and oxygen atoms in total. The quantitative estimate of drug-likeness (QED) is 0.681. The summed E-state index contributed by atoms with van der Waals surface area (Å²) in [7, 11) is 2.24. The maximum absolute atomic E-state index is 2.45. The van der Waals surface area contributed by atoms with Crippen molar-refractivity contribution >= 4 is 5.57 Å². The number of likely N-dealkylation sites (tertiary alicyclic amines) is 1. The highest BCUT2D eigenvalue weighted by Gasteiger charge is 2.21. The lowest BCUT2D eigenvalue weighted by atomic mass is 9.81. The van der Waals surface area contributed by atoms with Gasteiger partial charge in [0.25, 0.3) is 0 Å². The molecule has 0 amide bonds. The van der Waals surface area contributed by atoms with Gasteiger partial charge in [-0.3, -0.25) is 0 Å². The van der Waals surface area contributed by atoms with Gasteiger partial charge < -0.3 is 4.90 Å². The standard InChI is InChI=1S/C22H25N/c1-23-15-13-19(14-16-23)22-20-11-4-2-7-17(20)9-6-10-18-8-3-5-12-21(18)22/h2-5,7-8,11-12H,6,9-10,13-16H2,1H3. The van der Waals surface area contributed by atoms with Gasteiger partial charge in [-0.2, -0.15) is 0 Å². The molecule has 0 radical (unpaired) electrons. The Bertz CT molecular complexity index is 682. The van der Waals surface area contributed by atoms with Gasteiger partial charge in [0.2, 0.25) is 0 Å². The first kappa shape index (κ1) is 14.7. The average Bonchev–Trinajstić information content (AvgIpc) is 2.57. The predicted molar refractivity (Wildman–Crippen MR) is 97.7 cm³/mol. The number of rotatable bonds is 0. The minimum atomic E-state index is 1.18. The Hall–Kier alpha value is -1.86. The van der Waals surface area contributed by atoms with E-state index in [9.17, 15) is 0 Å². The first-order chi connectivity index (χ1) is 11.3. The Labute approximate surface area is 139 Å². The molecular weight excluding hydrogens is 278 g/mol. The van der Waals surface area contributed by atoms with Crippen molar-refractivity contribution in [2.24, 2.45) is 0 Å². The topological polar surface area (TPSA) is 3.24 Å². The molecule has 1 saturated heterocycles. The van der Waals surface area contributed by atoms with Crippen LogP contribution in [0.3, 0.4) is 0 Å². The maximum Gasteiger partial charge on any atom is 0.00160 e. The Morgan fingerprint density at radius 1 is 0.696 bits per heavy atom. The second kappa shape index (κ2) is 6.33. The Kier molecular flexibility index (Phi) is 4.05. The van der Waals surface area contributed by atoms with Crippen molar-refractivity contribution in [1.82, 2.24) is 4.90 Å². The van der Waals surface area contributed by atoms with E-state index in [1.807, 2.05) is 0 Å². The smallest absolute Gasteiger partial charge is 0.00160 e. The molecule has 0 saturated carbocycles. The van der Waals surface area contributed by atoms with Crippen LogP contribution in [0, 0.1) is 0 Å². The van der Waals surface area contributed by atoms with Crippen molar-refractivity contribution in [2.75, 3.05) is 20.1 Å². The molecule has 1 heteroatoms. The molecule has 0 spiro atoms. The average molecular weight is 303 g/mol. The van der Waals surface area contributed by atoms with Crippen molar-refractivity contribution in [3.05, 3.63) is 76.4 Å². The molecule has 1 heterocycles. The SMILES string of the molecule is CN1CCC(=C2c3ccccc3CCCc3ccccc32)CC1. The van der Waals surface area contributed by atoms with E-state index in [4.69, 9.17) is 0 Å². The summed E-state index contributed by atoms with van der Waals surface area (Å²) in [5.74, 6) is 0. The van der Waals surface area contributed by atoms with Gasteiger partial charge >= 0.3 is 0 Å². The largest absolute Gasteiger partial charge is 0.306 e. The summed E-state index contributed by atoms with van der Waals surface area (Å²) >= 11 is 0. The second-order valence-electron chi connectivity index (χ2n) is 6.95. The van der Waals surface area contributed by atoms with E-state index in [1.54, 1.807) is 11.1 Å². The molecule has 1 aliphatic carbocycles. The molecule has 0 atom stereocenters. The van der Waals surface area contributed by atoms with Gasteiger partial charge in [-0.15, -0.1) is 0 Å². The van der Waals surface area contributed by atoms with Gasteiger partial charge in [0.15, 0.2) is 0 Å². The minimum Gasteiger partial charge on any atom is -0.306 e. The number of benzene rings is 2. The number of hydrogen-bond acceptors (Lipinski definition) is 1. The van der Waals surface area contributed by atoms with Gasteiger partial charge in [0, 0.05) is 13.1 Å². The summed E-state index contributed by atoms with van der Waals surface area (Å²) in [5.41, 5.74) is 9.24. The fourth-order valence-electron chi connectivity index (χ4n) is 4.10. The third-order valence-electron chi connectivity index (χ3n) is 5.41. The van der Waals surface area contributed by atoms with Gasteiger partial charge in [0.05, 0.1) is 0 Å². The van der Waals surface area contributed by atoms with Crippen molar-refractivity contribution in [1.29, 1.82) is 0 Å². The Balaban J connectivity index is 1.93. The van der Waals surface area contributed by atoms with Crippen molar-refractivity contribution in [3.63, 3.8) is 0 Å². The van der Waals surface area contributed by atoms with Crippen LogP contribution in [-0.4, -0.2) is 25.0 Å². The molecule has 1 aliphatic heterocycles. The highest BCUT2D eigenvalue weighted by molar-refractivity contribution is 5.85. The van der Waals surface area contributed by atoms with Crippen LogP contribution in [0.4, 0.5) is 0 Å². The Morgan fingerprint density at radius 3 is 1.78 bits per heavy atom. The molecule has 118 valence electrons. The van der Waals surface area contributed by atoms with Crippen LogP contribution in [0.5, 0.6) is 0 Å². The van der Waals surface area contributed by atoms with Crippen LogP contribution in [0.25, 0.3) is 5.57 Å². The van der Waals surface area contributed by atoms with Crippen molar-refractivity contribution < 1.29 is 0 Å². The molecule has 2 aliphatic rings. The molecule has 2 aromatic rings. The molecule has 23 heavy (non-hydrogen) atoms. The van der Waals surface area contributed by atoms with E-state index in [0.717, 1.165) is 0 Å².